The largest absolute Gasteiger partial charge is 0.143 e. The van der Waals surface area contributed by atoms with Crippen LogP contribution in [0, 0.1) is 12.3 Å². The Labute approximate surface area is 55.7 Å². The molecule has 0 aliphatic carbocycles. The van der Waals surface area contributed by atoms with Crippen molar-refractivity contribution in [3.05, 3.63) is 23.1 Å². The molecule has 0 aliphatic heterocycles. The molecule has 0 saturated carbocycles. The highest BCUT2D eigenvalue weighted by Crippen LogP contribution is 1.99. The Bertz CT molecular complexity index is 146. The molecule has 0 saturated heterocycles. The Hall–Kier alpha value is -0.610. The fraction of sp³-hybridized carbons (Fsp3) is 0.143. The van der Waals surface area contributed by atoms with Crippen LogP contribution in [0.25, 0.3) is 0 Å². The molecule has 0 radical (unpaired) electrons. The van der Waals surface area contributed by atoms with Crippen molar-refractivity contribution < 1.29 is 0 Å². The van der Waals surface area contributed by atoms with Crippen molar-refractivity contribution in [2.75, 3.05) is 0 Å². The molecule has 0 rings (SSSR count). The molecule has 8 heavy (non-hydrogen) atoms. The number of rotatable bonds is 1. The van der Waals surface area contributed by atoms with E-state index < -0.39 is 0 Å². The number of hydrogen-bond acceptors (Lipinski definition) is 1. The predicted octanol–water partition coefficient (Wildman–Crippen LogP) is 2.01. The van der Waals surface area contributed by atoms with Crippen LogP contribution in [-0.2, 0) is 0 Å². The van der Waals surface area contributed by atoms with Gasteiger partial charge in [-0.3, -0.25) is 0 Å². The third kappa shape index (κ3) is 3.58. The van der Waals surface area contributed by atoms with Crippen LogP contribution in [0.5, 0.6) is 0 Å². The van der Waals surface area contributed by atoms with E-state index >= 15 is 0 Å². The van der Waals surface area contributed by atoms with Gasteiger partial charge in [0.1, 0.15) is 0 Å². The average molecular weight is 124 g/mol. The van der Waals surface area contributed by atoms with Crippen molar-refractivity contribution >= 4 is 12.6 Å². The number of allylic oxidation sites excluding steroid dienone is 3. The first-order chi connectivity index (χ1) is 3.81. The summed E-state index contributed by atoms with van der Waals surface area (Å²) in [6.07, 6.45) is 10.3. The molecule has 0 aromatic carbocycles. The average Bonchev–Trinajstić information content (AvgIpc) is 1.68. The first-order valence-corrected chi connectivity index (χ1v) is 2.74. The second-order valence-corrected chi connectivity index (χ2v) is 1.75. The van der Waals surface area contributed by atoms with Gasteiger partial charge < -0.3 is 0 Å². The Kier molecular flexibility index (Phi) is 4.20. The van der Waals surface area contributed by atoms with Gasteiger partial charge >= 0.3 is 0 Å². The summed E-state index contributed by atoms with van der Waals surface area (Å²) in [7, 11) is 0. The third-order valence-electron chi connectivity index (χ3n) is 0.569. The Morgan fingerprint density at radius 1 is 1.75 bits per heavy atom. The predicted molar refractivity (Wildman–Crippen MR) is 40.7 cm³/mol. The Balaban J connectivity index is 3.85. The molecule has 0 atom stereocenters. The smallest absolute Gasteiger partial charge is 0.0120 e. The maximum atomic E-state index is 4.95. The van der Waals surface area contributed by atoms with E-state index in [-0.39, 0.29) is 0 Å². The highest BCUT2D eigenvalue weighted by atomic mass is 32.1. The molecule has 0 heterocycles. The van der Waals surface area contributed by atoms with E-state index in [1.54, 1.807) is 6.08 Å². The van der Waals surface area contributed by atoms with Crippen LogP contribution >= 0.6 is 12.6 Å². The van der Waals surface area contributed by atoms with Gasteiger partial charge in [-0.1, -0.05) is 18.1 Å². The Morgan fingerprint density at radius 3 is 2.75 bits per heavy atom. The van der Waals surface area contributed by atoms with Crippen LogP contribution < -0.4 is 0 Å². The van der Waals surface area contributed by atoms with Gasteiger partial charge in [-0.25, -0.2) is 0 Å². The molecule has 42 valence electrons. The van der Waals surface area contributed by atoms with Crippen LogP contribution in [0.3, 0.4) is 0 Å². The molecule has 0 N–H and O–H groups in total. The first-order valence-electron chi connectivity index (χ1n) is 2.29. The van der Waals surface area contributed by atoms with Gasteiger partial charge in [0.05, 0.1) is 0 Å². The molecule has 0 unspecified atom stereocenters. The van der Waals surface area contributed by atoms with Crippen LogP contribution in [0.15, 0.2) is 23.1 Å². The van der Waals surface area contributed by atoms with E-state index in [2.05, 4.69) is 18.5 Å². The summed E-state index contributed by atoms with van der Waals surface area (Å²) in [6.45, 7) is 1.92. The van der Waals surface area contributed by atoms with Gasteiger partial charge in [-0.15, -0.1) is 19.1 Å². The van der Waals surface area contributed by atoms with Gasteiger partial charge in [-0.05, 0) is 6.92 Å². The number of thiol groups is 1. The zero-order valence-electron chi connectivity index (χ0n) is 4.76. The zero-order chi connectivity index (χ0) is 6.41. The van der Waals surface area contributed by atoms with Gasteiger partial charge in [0.15, 0.2) is 0 Å². The number of hydrogen-bond donors (Lipinski definition) is 1. The van der Waals surface area contributed by atoms with E-state index in [0.717, 1.165) is 4.91 Å². The van der Waals surface area contributed by atoms with Crippen molar-refractivity contribution in [2.24, 2.45) is 0 Å². The minimum absolute atomic E-state index is 0.815. The molecular formula is C7H8S. The van der Waals surface area contributed by atoms with E-state index in [4.69, 9.17) is 6.42 Å². The van der Waals surface area contributed by atoms with E-state index in [0.29, 0.717) is 0 Å². The lowest BCUT2D eigenvalue weighted by atomic mass is 10.4. The van der Waals surface area contributed by atoms with Crippen molar-refractivity contribution in [1.82, 2.24) is 0 Å². The van der Waals surface area contributed by atoms with Crippen molar-refractivity contribution in [2.45, 2.75) is 6.92 Å². The summed E-state index contributed by atoms with van der Waals surface area (Å²) in [5, 5.41) is 0. The standard InChI is InChI=1S/C7H8S/c1-3-5-7(8)6-4-2/h1,4-6,8H,2H3/b6-4-,7-5+. The van der Waals surface area contributed by atoms with Crippen LogP contribution in [0.2, 0.25) is 0 Å². The molecule has 0 amide bonds. The molecule has 0 bridgehead atoms. The molecule has 0 aromatic rings. The second kappa shape index (κ2) is 4.55. The van der Waals surface area contributed by atoms with Crippen molar-refractivity contribution in [3.63, 3.8) is 0 Å². The Morgan fingerprint density at radius 2 is 2.38 bits per heavy atom. The lowest BCUT2D eigenvalue weighted by molar-refractivity contribution is 1.72. The molecule has 1 heteroatoms. The van der Waals surface area contributed by atoms with Gasteiger partial charge in [0, 0.05) is 11.0 Å². The zero-order valence-corrected chi connectivity index (χ0v) is 5.65. The van der Waals surface area contributed by atoms with E-state index in [1.165, 1.54) is 0 Å². The van der Waals surface area contributed by atoms with Gasteiger partial charge in [0.25, 0.3) is 0 Å². The van der Waals surface area contributed by atoms with E-state index in [9.17, 15) is 0 Å². The summed E-state index contributed by atoms with van der Waals surface area (Å²) in [4.78, 5) is 0.815. The van der Waals surface area contributed by atoms with Crippen LogP contribution in [0.1, 0.15) is 6.92 Å². The summed E-state index contributed by atoms with van der Waals surface area (Å²) < 4.78 is 0. The van der Waals surface area contributed by atoms with Gasteiger partial charge in [-0.2, -0.15) is 0 Å². The van der Waals surface area contributed by atoms with Gasteiger partial charge in [0.2, 0.25) is 0 Å². The summed E-state index contributed by atoms with van der Waals surface area (Å²) in [5.74, 6) is 2.36. The fourth-order valence-electron chi connectivity index (χ4n) is 0.304. The molecule has 0 aromatic heterocycles. The molecular weight excluding hydrogens is 116 g/mol. The molecule has 0 spiro atoms. The minimum Gasteiger partial charge on any atom is -0.143 e. The third-order valence-corrected chi connectivity index (χ3v) is 0.847. The molecule has 0 nitrogen and oxygen atoms in total. The van der Waals surface area contributed by atoms with E-state index in [1.807, 2.05) is 19.1 Å². The summed E-state index contributed by atoms with van der Waals surface area (Å²) in [6, 6.07) is 0. The first kappa shape index (κ1) is 7.39. The lowest BCUT2D eigenvalue weighted by Crippen LogP contribution is -1.57. The monoisotopic (exact) mass is 124 g/mol. The lowest BCUT2D eigenvalue weighted by Gasteiger charge is -1.80. The summed E-state index contributed by atoms with van der Waals surface area (Å²) in [5.41, 5.74) is 0. The highest BCUT2D eigenvalue weighted by molar-refractivity contribution is 7.84. The highest BCUT2D eigenvalue weighted by Gasteiger charge is 1.73. The summed E-state index contributed by atoms with van der Waals surface area (Å²) >= 11 is 4.02. The topological polar surface area (TPSA) is 0 Å². The fourth-order valence-corrected chi connectivity index (χ4v) is 0.528. The SMILES string of the molecule is C#C/C=C(S)\C=C/C. The van der Waals surface area contributed by atoms with Crippen molar-refractivity contribution in [3.8, 4) is 12.3 Å². The maximum absolute atomic E-state index is 4.95. The number of terminal acetylenes is 1. The molecule has 0 aliphatic rings. The van der Waals surface area contributed by atoms with Crippen LogP contribution in [-0.4, -0.2) is 0 Å². The second-order valence-electron chi connectivity index (χ2n) is 1.24. The normalized spacial score (nSPS) is 11.9. The van der Waals surface area contributed by atoms with Crippen LogP contribution in [0.4, 0.5) is 0 Å². The maximum Gasteiger partial charge on any atom is 0.0120 e. The minimum atomic E-state index is 0.815. The van der Waals surface area contributed by atoms with Crippen molar-refractivity contribution in [1.29, 1.82) is 0 Å². The molecule has 0 fully saturated rings. The quantitative estimate of drug-likeness (QED) is 0.308.